The van der Waals surface area contributed by atoms with Gasteiger partial charge in [0, 0.05) is 37.9 Å². The Hall–Kier alpha value is -2.96. The minimum absolute atomic E-state index is 0.0337. The van der Waals surface area contributed by atoms with E-state index in [1.165, 1.54) is 0 Å². The predicted octanol–water partition coefficient (Wildman–Crippen LogP) is 3.23. The van der Waals surface area contributed by atoms with Gasteiger partial charge >= 0.3 is 6.03 Å². The number of piperidine rings is 1. The summed E-state index contributed by atoms with van der Waals surface area (Å²) in [5, 5.41) is 5.91. The van der Waals surface area contributed by atoms with Gasteiger partial charge in [0.1, 0.15) is 5.76 Å². The highest BCUT2D eigenvalue weighted by molar-refractivity contribution is 5.99. The Morgan fingerprint density at radius 1 is 1.17 bits per heavy atom. The van der Waals surface area contributed by atoms with Gasteiger partial charge in [-0.2, -0.15) is 0 Å². The molecule has 29 heavy (non-hydrogen) atoms. The van der Waals surface area contributed by atoms with E-state index in [9.17, 15) is 9.59 Å². The fourth-order valence-electron chi connectivity index (χ4n) is 3.60. The Morgan fingerprint density at radius 3 is 2.55 bits per heavy atom. The molecule has 1 saturated heterocycles. The molecule has 0 aliphatic carbocycles. The standard InChI is InChI=1S/C22H30N4O3/c1-16(2)23-22(28)24-17-10-12-26(13-11-17)20-9-5-4-8-19(20)21(27)25(3)15-18-7-6-14-29-18/h4-9,14,16-17H,10-13,15H2,1-3H3,(H2,23,24,28). The number of carbonyl (C=O) groups excluding carboxylic acids is 2. The minimum Gasteiger partial charge on any atom is -0.467 e. The molecule has 2 N–H and O–H groups in total. The first-order valence-corrected chi connectivity index (χ1v) is 10.1. The summed E-state index contributed by atoms with van der Waals surface area (Å²) in [6.07, 6.45) is 3.30. The van der Waals surface area contributed by atoms with Crippen LogP contribution in [0.5, 0.6) is 0 Å². The molecule has 1 aromatic heterocycles. The van der Waals surface area contributed by atoms with Crippen LogP contribution in [-0.4, -0.2) is 49.1 Å². The van der Waals surface area contributed by atoms with E-state index in [0.717, 1.165) is 37.4 Å². The molecule has 1 aliphatic heterocycles. The maximum Gasteiger partial charge on any atom is 0.315 e. The van der Waals surface area contributed by atoms with Gasteiger partial charge in [-0.15, -0.1) is 0 Å². The van der Waals surface area contributed by atoms with E-state index in [4.69, 9.17) is 4.42 Å². The highest BCUT2D eigenvalue weighted by atomic mass is 16.3. The van der Waals surface area contributed by atoms with Crippen LogP contribution in [0.15, 0.2) is 47.1 Å². The largest absolute Gasteiger partial charge is 0.467 e. The lowest BCUT2D eigenvalue weighted by atomic mass is 10.0. The fraction of sp³-hybridized carbons (Fsp3) is 0.455. The number of benzene rings is 1. The van der Waals surface area contributed by atoms with Gasteiger partial charge in [0.15, 0.2) is 0 Å². The van der Waals surface area contributed by atoms with Gasteiger partial charge in [-0.1, -0.05) is 12.1 Å². The van der Waals surface area contributed by atoms with Crippen LogP contribution in [0.25, 0.3) is 0 Å². The number of rotatable bonds is 6. The highest BCUT2D eigenvalue weighted by Crippen LogP contribution is 2.25. The zero-order chi connectivity index (χ0) is 20.8. The van der Waals surface area contributed by atoms with Crippen LogP contribution in [0.3, 0.4) is 0 Å². The number of carbonyl (C=O) groups is 2. The molecule has 156 valence electrons. The van der Waals surface area contributed by atoms with Gasteiger partial charge in [0.2, 0.25) is 0 Å². The topological polar surface area (TPSA) is 77.8 Å². The highest BCUT2D eigenvalue weighted by Gasteiger charge is 2.25. The monoisotopic (exact) mass is 398 g/mol. The van der Waals surface area contributed by atoms with E-state index in [-0.39, 0.29) is 24.0 Å². The fourth-order valence-corrected chi connectivity index (χ4v) is 3.60. The van der Waals surface area contributed by atoms with E-state index >= 15 is 0 Å². The number of para-hydroxylation sites is 1. The Bertz CT molecular complexity index is 811. The smallest absolute Gasteiger partial charge is 0.315 e. The SMILES string of the molecule is CC(C)NC(=O)NC1CCN(c2ccccc2C(=O)N(C)Cc2ccco2)CC1. The van der Waals surface area contributed by atoms with Gasteiger partial charge in [0.25, 0.3) is 5.91 Å². The molecule has 3 rings (SSSR count). The summed E-state index contributed by atoms with van der Waals surface area (Å²) in [5.41, 5.74) is 1.62. The second kappa shape index (κ2) is 9.49. The van der Waals surface area contributed by atoms with Crippen molar-refractivity contribution >= 4 is 17.6 Å². The Morgan fingerprint density at radius 2 is 1.90 bits per heavy atom. The molecule has 1 aromatic carbocycles. The van der Waals surface area contributed by atoms with Crippen molar-refractivity contribution in [2.75, 3.05) is 25.0 Å². The predicted molar refractivity (Wildman–Crippen MR) is 113 cm³/mol. The molecule has 1 aliphatic rings. The van der Waals surface area contributed by atoms with E-state index in [0.29, 0.717) is 12.1 Å². The molecule has 2 aromatic rings. The van der Waals surface area contributed by atoms with Crippen LogP contribution < -0.4 is 15.5 Å². The molecule has 0 saturated carbocycles. The van der Waals surface area contributed by atoms with Crippen molar-refractivity contribution in [2.45, 2.75) is 45.3 Å². The Labute approximate surface area is 172 Å². The normalized spacial score (nSPS) is 14.7. The van der Waals surface area contributed by atoms with Crippen molar-refractivity contribution in [1.29, 1.82) is 0 Å². The third-order valence-electron chi connectivity index (χ3n) is 5.04. The lowest BCUT2D eigenvalue weighted by Crippen LogP contribution is -2.49. The number of nitrogens with one attached hydrogen (secondary N) is 2. The first-order chi connectivity index (χ1) is 13.9. The average molecular weight is 399 g/mol. The number of hydrogen-bond donors (Lipinski definition) is 2. The van der Waals surface area contributed by atoms with Crippen LogP contribution in [0.2, 0.25) is 0 Å². The molecule has 1 fully saturated rings. The number of hydrogen-bond acceptors (Lipinski definition) is 4. The summed E-state index contributed by atoms with van der Waals surface area (Å²) < 4.78 is 5.36. The summed E-state index contributed by atoms with van der Waals surface area (Å²) in [5.74, 6) is 0.721. The molecular weight excluding hydrogens is 368 g/mol. The first kappa shape index (κ1) is 20.8. The van der Waals surface area contributed by atoms with Crippen LogP contribution in [-0.2, 0) is 6.54 Å². The van der Waals surface area contributed by atoms with Crippen molar-refractivity contribution in [2.24, 2.45) is 0 Å². The molecule has 0 unspecified atom stereocenters. The maximum atomic E-state index is 13.0. The summed E-state index contributed by atoms with van der Waals surface area (Å²) in [6.45, 7) is 5.90. The summed E-state index contributed by atoms with van der Waals surface area (Å²) >= 11 is 0. The molecule has 7 heteroatoms. The van der Waals surface area contributed by atoms with Crippen LogP contribution >= 0.6 is 0 Å². The molecule has 0 radical (unpaired) electrons. The summed E-state index contributed by atoms with van der Waals surface area (Å²) in [7, 11) is 1.78. The molecule has 3 amide bonds. The number of furan rings is 1. The molecule has 0 bridgehead atoms. The van der Waals surface area contributed by atoms with E-state index < -0.39 is 0 Å². The third-order valence-corrected chi connectivity index (χ3v) is 5.04. The molecule has 7 nitrogen and oxygen atoms in total. The zero-order valence-corrected chi connectivity index (χ0v) is 17.4. The van der Waals surface area contributed by atoms with Crippen LogP contribution in [0.1, 0.15) is 42.8 Å². The summed E-state index contributed by atoms with van der Waals surface area (Å²) in [4.78, 5) is 28.9. The quantitative estimate of drug-likeness (QED) is 0.783. The van der Waals surface area contributed by atoms with Gasteiger partial charge in [0.05, 0.1) is 18.4 Å². The van der Waals surface area contributed by atoms with Crippen molar-refractivity contribution in [3.8, 4) is 0 Å². The summed E-state index contributed by atoms with van der Waals surface area (Å²) in [6, 6.07) is 11.5. The molecule has 2 heterocycles. The van der Waals surface area contributed by atoms with E-state index in [1.54, 1.807) is 18.2 Å². The lowest BCUT2D eigenvalue weighted by Gasteiger charge is -2.35. The van der Waals surface area contributed by atoms with E-state index in [2.05, 4.69) is 15.5 Å². The third kappa shape index (κ3) is 5.53. The van der Waals surface area contributed by atoms with Crippen molar-refractivity contribution in [3.63, 3.8) is 0 Å². The van der Waals surface area contributed by atoms with Gasteiger partial charge in [-0.05, 0) is 51.0 Å². The Balaban J connectivity index is 1.62. The van der Waals surface area contributed by atoms with Crippen LogP contribution in [0.4, 0.5) is 10.5 Å². The number of amides is 3. The average Bonchev–Trinajstić information content (AvgIpc) is 3.20. The second-order valence-corrected chi connectivity index (χ2v) is 7.79. The zero-order valence-electron chi connectivity index (χ0n) is 17.4. The molecule has 0 atom stereocenters. The number of nitrogens with zero attached hydrogens (tertiary/aromatic N) is 2. The molecule has 0 spiro atoms. The van der Waals surface area contributed by atoms with Gasteiger partial charge in [-0.3, -0.25) is 4.79 Å². The Kier molecular flexibility index (Phi) is 6.80. The van der Waals surface area contributed by atoms with Crippen molar-refractivity contribution in [3.05, 3.63) is 54.0 Å². The maximum absolute atomic E-state index is 13.0. The van der Waals surface area contributed by atoms with E-state index in [1.807, 2.05) is 50.2 Å². The number of urea groups is 1. The number of anilines is 1. The lowest BCUT2D eigenvalue weighted by molar-refractivity contribution is 0.0776. The van der Waals surface area contributed by atoms with Gasteiger partial charge in [-0.25, -0.2) is 4.79 Å². The van der Waals surface area contributed by atoms with Crippen LogP contribution in [0, 0.1) is 0 Å². The second-order valence-electron chi connectivity index (χ2n) is 7.79. The minimum atomic E-state index is -0.117. The van der Waals surface area contributed by atoms with Gasteiger partial charge < -0.3 is 24.9 Å². The first-order valence-electron chi connectivity index (χ1n) is 10.1. The molecular formula is C22H30N4O3. The van der Waals surface area contributed by atoms with Crippen molar-refractivity contribution < 1.29 is 14.0 Å². The van der Waals surface area contributed by atoms with Crippen molar-refractivity contribution in [1.82, 2.24) is 15.5 Å².